The second kappa shape index (κ2) is 5.34. The Labute approximate surface area is 99.0 Å². The molecule has 0 saturated heterocycles. The Balaban J connectivity index is 2.65. The van der Waals surface area contributed by atoms with E-state index in [9.17, 15) is 18.0 Å². The van der Waals surface area contributed by atoms with Crippen molar-refractivity contribution in [2.24, 2.45) is 0 Å². The highest BCUT2D eigenvalue weighted by atomic mass is 79.9. The molecule has 0 heterocycles. The van der Waals surface area contributed by atoms with E-state index in [2.05, 4.69) is 15.9 Å². The highest BCUT2D eigenvalue weighted by molar-refractivity contribution is 9.09. The third kappa shape index (κ3) is 3.84. The van der Waals surface area contributed by atoms with Crippen LogP contribution in [-0.4, -0.2) is 17.4 Å². The molecular weight excluding hydrogens is 287 g/mol. The van der Waals surface area contributed by atoms with Crippen LogP contribution in [0, 0.1) is 0 Å². The molecule has 1 aromatic carbocycles. The number of nitrogens with one attached hydrogen (secondary N) is 1. The third-order valence-corrected chi connectivity index (χ3v) is 2.25. The van der Waals surface area contributed by atoms with Crippen LogP contribution in [0.15, 0.2) is 24.3 Å². The van der Waals surface area contributed by atoms with E-state index in [0.717, 1.165) is 17.3 Å². The molecule has 0 aliphatic carbocycles. The standard InChI is InChI=1S/C10H9BrF3NO/c11-6-5-7-1-3-8(4-2-7)15-9(16)10(12,13)14/h1-4H,5-6H2,(H,15,16). The molecule has 0 spiro atoms. The number of rotatable bonds is 3. The van der Waals surface area contributed by atoms with Crippen molar-refractivity contribution in [3.63, 3.8) is 0 Å². The van der Waals surface area contributed by atoms with Crippen molar-refractivity contribution < 1.29 is 18.0 Å². The number of carbonyl (C=O) groups is 1. The van der Waals surface area contributed by atoms with E-state index < -0.39 is 12.1 Å². The molecule has 0 atom stereocenters. The van der Waals surface area contributed by atoms with Gasteiger partial charge in [0.15, 0.2) is 0 Å². The summed E-state index contributed by atoms with van der Waals surface area (Å²) in [4.78, 5) is 10.6. The van der Waals surface area contributed by atoms with Crippen LogP contribution in [0.2, 0.25) is 0 Å². The van der Waals surface area contributed by atoms with Crippen LogP contribution in [0.25, 0.3) is 0 Å². The molecule has 0 unspecified atom stereocenters. The lowest BCUT2D eigenvalue weighted by atomic mass is 10.1. The molecule has 1 aromatic rings. The van der Waals surface area contributed by atoms with Gasteiger partial charge >= 0.3 is 12.1 Å². The van der Waals surface area contributed by atoms with Crippen LogP contribution in [0.1, 0.15) is 5.56 Å². The Morgan fingerprint density at radius 3 is 2.25 bits per heavy atom. The van der Waals surface area contributed by atoms with E-state index in [1.807, 2.05) is 0 Å². The van der Waals surface area contributed by atoms with Crippen LogP contribution in [0.3, 0.4) is 0 Å². The fourth-order valence-corrected chi connectivity index (χ4v) is 1.52. The van der Waals surface area contributed by atoms with Crippen molar-refractivity contribution in [3.05, 3.63) is 29.8 Å². The first-order valence-electron chi connectivity index (χ1n) is 4.46. The van der Waals surface area contributed by atoms with E-state index in [-0.39, 0.29) is 5.69 Å². The molecule has 0 aliphatic heterocycles. The fraction of sp³-hybridized carbons (Fsp3) is 0.300. The maximum Gasteiger partial charge on any atom is 0.471 e. The Bertz CT molecular complexity index is 361. The van der Waals surface area contributed by atoms with Crippen LogP contribution < -0.4 is 5.32 Å². The van der Waals surface area contributed by atoms with Gasteiger partial charge < -0.3 is 5.32 Å². The van der Waals surface area contributed by atoms with E-state index in [4.69, 9.17) is 0 Å². The van der Waals surface area contributed by atoms with Crippen molar-refractivity contribution in [3.8, 4) is 0 Å². The van der Waals surface area contributed by atoms with Gasteiger partial charge in [-0.15, -0.1) is 0 Å². The number of aryl methyl sites for hydroxylation is 1. The Hall–Kier alpha value is -1.04. The Morgan fingerprint density at radius 1 is 1.25 bits per heavy atom. The van der Waals surface area contributed by atoms with Gasteiger partial charge in [0.05, 0.1) is 0 Å². The SMILES string of the molecule is O=C(Nc1ccc(CCBr)cc1)C(F)(F)F. The predicted molar refractivity (Wildman–Crippen MR) is 58.6 cm³/mol. The van der Waals surface area contributed by atoms with E-state index in [0.29, 0.717) is 0 Å². The smallest absolute Gasteiger partial charge is 0.318 e. The predicted octanol–water partition coefficient (Wildman–Crippen LogP) is 3.12. The maximum absolute atomic E-state index is 11.9. The van der Waals surface area contributed by atoms with Gasteiger partial charge in [-0.3, -0.25) is 4.79 Å². The summed E-state index contributed by atoms with van der Waals surface area (Å²) in [6.07, 6.45) is -4.07. The average molecular weight is 296 g/mol. The topological polar surface area (TPSA) is 29.1 Å². The molecule has 16 heavy (non-hydrogen) atoms. The van der Waals surface area contributed by atoms with E-state index >= 15 is 0 Å². The number of halogens is 4. The third-order valence-electron chi connectivity index (χ3n) is 1.85. The molecule has 88 valence electrons. The summed E-state index contributed by atoms with van der Waals surface area (Å²) in [5, 5.41) is 2.55. The van der Waals surface area contributed by atoms with Crippen LogP contribution in [-0.2, 0) is 11.2 Å². The lowest BCUT2D eigenvalue weighted by Crippen LogP contribution is -2.29. The number of amides is 1. The summed E-state index contributed by atoms with van der Waals surface area (Å²) in [7, 11) is 0. The van der Waals surface area contributed by atoms with Gasteiger partial charge in [-0.25, -0.2) is 0 Å². The number of benzene rings is 1. The van der Waals surface area contributed by atoms with Gasteiger partial charge in [-0.05, 0) is 24.1 Å². The summed E-state index contributed by atoms with van der Waals surface area (Å²) in [6.45, 7) is 0. The first-order chi connectivity index (χ1) is 7.43. The average Bonchev–Trinajstić information content (AvgIpc) is 2.20. The Morgan fingerprint density at radius 2 is 1.81 bits per heavy atom. The zero-order chi connectivity index (χ0) is 12.2. The molecule has 0 radical (unpaired) electrons. The zero-order valence-corrected chi connectivity index (χ0v) is 9.73. The molecule has 0 aromatic heterocycles. The molecule has 1 rings (SSSR count). The van der Waals surface area contributed by atoms with E-state index in [1.54, 1.807) is 17.4 Å². The van der Waals surface area contributed by atoms with Crippen molar-refractivity contribution in [1.29, 1.82) is 0 Å². The fourth-order valence-electron chi connectivity index (χ4n) is 1.07. The first-order valence-corrected chi connectivity index (χ1v) is 5.58. The molecule has 6 heteroatoms. The zero-order valence-electron chi connectivity index (χ0n) is 8.14. The van der Waals surface area contributed by atoms with Gasteiger partial charge in [-0.2, -0.15) is 13.2 Å². The van der Waals surface area contributed by atoms with Crippen molar-refractivity contribution in [2.75, 3.05) is 10.6 Å². The number of anilines is 1. The molecule has 0 bridgehead atoms. The number of alkyl halides is 4. The summed E-state index contributed by atoms with van der Waals surface area (Å²) < 4.78 is 35.7. The van der Waals surface area contributed by atoms with Gasteiger partial charge in [0.25, 0.3) is 0 Å². The van der Waals surface area contributed by atoms with Gasteiger partial charge in [0, 0.05) is 11.0 Å². The van der Waals surface area contributed by atoms with E-state index in [1.165, 1.54) is 12.1 Å². The summed E-state index contributed by atoms with van der Waals surface area (Å²) in [5.74, 6) is -1.96. The summed E-state index contributed by atoms with van der Waals surface area (Å²) in [5.41, 5.74) is 1.13. The second-order valence-electron chi connectivity index (χ2n) is 3.09. The highest BCUT2D eigenvalue weighted by Crippen LogP contribution is 2.18. The Kier molecular flexibility index (Phi) is 4.35. The quantitative estimate of drug-likeness (QED) is 0.853. The van der Waals surface area contributed by atoms with Crippen LogP contribution in [0.5, 0.6) is 0 Å². The lowest BCUT2D eigenvalue weighted by molar-refractivity contribution is -0.167. The normalized spacial score (nSPS) is 11.2. The molecule has 0 aliphatic rings. The molecule has 0 saturated carbocycles. The van der Waals surface area contributed by atoms with Gasteiger partial charge in [0.1, 0.15) is 0 Å². The van der Waals surface area contributed by atoms with Crippen LogP contribution in [0.4, 0.5) is 18.9 Å². The molecule has 1 amide bonds. The minimum absolute atomic E-state index is 0.139. The molecular formula is C10H9BrF3NO. The first kappa shape index (κ1) is 13.0. The van der Waals surface area contributed by atoms with Crippen molar-refractivity contribution >= 4 is 27.5 Å². The maximum atomic E-state index is 11.9. The molecule has 1 N–H and O–H groups in total. The van der Waals surface area contributed by atoms with Gasteiger partial charge in [-0.1, -0.05) is 28.1 Å². The summed E-state index contributed by atoms with van der Waals surface area (Å²) >= 11 is 3.25. The summed E-state index contributed by atoms with van der Waals surface area (Å²) in [6, 6.07) is 6.24. The lowest BCUT2D eigenvalue weighted by Gasteiger charge is -2.08. The van der Waals surface area contributed by atoms with Crippen molar-refractivity contribution in [2.45, 2.75) is 12.6 Å². The highest BCUT2D eigenvalue weighted by Gasteiger charge is 2.38. The number of carbonyl (C=O) groups excluding carboxylic acids is 1. The molecule has 2 nitrogen and oxygen atoms in total. The van der Waals surface area contributed by atoms with Gasteiger partial charge in [0.2, 0.25) is 0 Å². The second-order valence-corrected chi connectivity index (χ2v) is 3.88. The molecule has 0 fully saturated rings. The minimum Gasteiger partial charge on any atom is -0.318 e. The number of hydrogen-bond donors (Lipinski definition) is 1. The minimum atomic E-state index is -4.85. The van der Waals surface area contributed by atoms with Crippen molar-refractivity contribution in [1.82, 2.24) is 0 Å². The monoisotopic (exact) mass is 295 g/mol. The number of hydrogen-bond acceptors (Lipinski definition) is 1. The largest absolute Gasteiger partial charge is 0.471 e. The van der Waals surface area contributed by atoms with Crippen LogP contribution >= 0.6 is 15.9 Å².